The minimum absolute atomic E-state index is 0.166. The first kappa shape index (κ1) is 14.9. The van der Waals surface area contributed by atoms with Gasteiger partial charge in [0.25, 0.3) is 5.91 Å². The Morgan fingerprint density at radius 3 is 2.77 bits per heavy atom. The van der Waals surface area contributed by atoms with E-state index in [1.807, 2.05) is 55.6 Å². The highest BCUT2D eigenvalue weighted by Gasteiger charge is 2.11. The van der Waals surface area contributed by atoms with Crippen LogP contribution in [0.1, 0.15) is 15.9 Å². The molecule has 1 heterocycles. The maximum Gasteiger partial charge on any atom is 0.270 e. The number of carbonyl (C=O) groups excluding carboxylic acids is 1. The highest BCUT2D eigenvalue weighted by Crippen LogP contribution is 2.27. The Kier molecular flexibility index (Phi) is 4.31. The largest absolute Gasteiger partial charge is 0.273 e. The van der Waals surface area contributed by atoms with Crippen LogP contribution < -0.4 is 10.9 Å². The third kappa shape index (κ3) is 2.93. The molecule has 0 unspecified atom stereocenters. The molecule has 112 valence electrons. The van der Waals surface area contributed by atoms with Gasteiger partial charge in [0.15, 0.2) is 0 Å². The van der Waals surface area contributed by atoms with Crippen molar-refractivity contribution in [3.8, 4) is 0 Å². The summed E-state index contributed by atoms with van der Waals surface area (Å²) in [6.45, 7) is 2.03. The molecule has 0 bridgehead atoms. The number of thiazole rings is 1. The van der Waals surface area contributed by atoms with Crippen molar-refractivity contribution >= 4 is 44.4 Å². The average molecular weight is 329 g/mol. The van der Waals surface area contributed by atoms with Gasteiger partial charge in [0.1, 0.15) is 0 Å². The second kappa shape index (κ2) is 6.37. The predicted octanol–water partition coefficient (Wildman–Crippen LogP) is 4.08. The Balaban J connectivity index is 1.76. The summed E-state index contributed by atoms with van der Waals surface area (Å²) in [5.41, 5.74) is 8.37. The molecule has 0 saturated heterocycles. The number of aryl methyl sites for hydroxylation is 1. The Bertz CT molecular complexity index is 829. The minimum Gasteiger partial charge on any atom is -0.273 e. The van der Waals surface area contributed by atoms with Crippen molar-refractivity contribution in [2.24, 2.45) is 0 Å². The summed E-state index contributed by atoms with van der Waals surface area (Å²) in [6.07, 6.45) is 1.95. The molecular formula is C16H15N3OS2. The summed E-state index contributed by atoms with van der Waals surface area (Å²) < 4.78 is 1.10. The van der Waals surface area contributed by atoms with E-state index in [1.54, 1.807) is 11.8 Å². The molecule has 0 spiro atoms. The predicted molar refractivity (Wildman–Crippen MR) is 93.7 cm³/mol. The van der Waals surface area contributed by atoms with E-state index in [1.165, 1.54) is 11.3 Å². The number of rotatable bonds is 4. The lowest BCUT2D eigenvalue weighted by Gasteiger charge is -2.08. The Morgan fingerprint density at radius 1 is 1.18 bits per heavy atom. The van der Waals surface area contributed by atoms with Crippen LogP contribution in [0.3, 0.4) is 0 Å². The average Bonchev–Trinajstić information content (AvgIpc) is 2.97. The number of nitrogens with one attached hydrogen (secondary N) is 2. The Morgan fingerprint density at radius 2 is 2.00 bits per heavy atom. The number of anilines is 1. The highest BCUT2D eigenvalue weighted by molar-refractivity contribution is 7.98. The lowest BCUT2D eigenvalue weighted by atomic mass is 10.2. The first-order valence-electron chi connectivity index (χ1n) is 6.74. The number of benzene rings is 2. The summed E-state index contributed by atoms with van der Waals surface area (Å²) in [6, 6.07) is 13.6. The van der Waals surface area contributed by atoms with E-state index in [-0.39, 0.29) is 5.91 Å². The summed E-state index contributed by atoms with van der Waals surface area (Å²) in [5.74, 6) is -0.166. The molecule has 2 N–H and O–H groups in total. The van der Waals surface area contributed by atoms with Gasteiger partial charge >= 0.3 is 0 Å². The molecule has 0 radical (unpaired) electrons. The van der Waals surface area contributed by atoms with Crippen molar-refractivity contribution in [3.05, 3.63) is 53.6 Å². The zero-order valence-corrected chi connectivity index (χ0v) is 13.8. The Hall–Kier alpha value is -2.05. The second-order valence-corrected chi connectivity index (χ2v) is 6.60. The maximum atomic E-state index is 12.3. The molecule has 2 aromatic carbocycles. The van der Waals surface area contributed by atoms with Crippen LogP contribution in [0.25, 0.3) is 10.2 Å². The molecule has 0 aliphatic rings. The standard InChI is InChI=1S/C16H15N3OS2/c1-10-6-5-9-13-14(10)17-16(22-13)19-18-15(20)11-7-3-4-8-12(11)21-2/h3-9H,1-2H3,(H,17,19)(H,18,20). The van der Waals surface area contributed by atoms with Crippen LogP contribution in [0, 0.1) is 6.92 Å². The zero-order chi connectivity index (χ0) is 15.5. The second-order valence-electron chi connectivity index (χ2n) is 4.72. The first-order chi connectivity index (χ1) is 10.7. The van der Waals surface area contributed by atoms with Crippen molar-refractivity contribution in [2.75, 3.05) is 11.7 Å². The smallest absolute Gasteiger partial charge is 0.270 e. The molecule has 0 fully saturated rings. The summed E-state index contributed by atoms with van der Waals surface area (Å²) in [4.78, 5) is 17.7. The summed E-state index contributed by atoms with van der Waals surface area (Å²) in [7, 11) is 0. The topological polar surface area (TPSA) is 54.0 Å². The van der Waals surface area contributed by atoms with Crippen molar-refractivity contribution in [1.82, 2.24) is 10.4 Å². The number of para-hydroxylation sites is 1. The number of carbonyl (C=O) groups is 1. The molecule has 1 aromatic heterocycles. The molecule has 0 atom stereocenters. The van der Waals surface area contributed by atoms with E-state index < -0.39 is 0 Å². The van der Waals surface area contributed by atoms with E-state index in [0.717, 1.165) is 20.7 Å². The van der Waals surface area contributed by atoms with E-state index in [2.05, 4.69) is 15.8 Å². The number of thioether (sulfide) groups is 1. The van der Waals surface area contributed by atoms with E-state index in [4.69, 9.17) is 0 Å². The van der Waals surface area contributed by atoms with E-state index >= 15 is 0 Å². The molecule has 1 amide bonds. The summed E-state index contributed by atoms with van der Waals surface area (Å²) >= 11 is 3.07. The molecule has 0 saturated carbocycles. The number of hydrazine groups is 1. The lowest BCUT2D eigenvalue weighted by Crippen LogP contribution is -2.29. The molecule has 3 rings (SSSR count). The van der Waals surface area contributed by atoms with Crippen LogP contribution >= 0.6 is 23.1 Å². The van der Waals surface area contributed by atoms with Crippen LogP contribution in [0.5, 0.6) is 0 Å². The molecule has 0 aliphatic carbocycles. The number of hydrogen-bond acceptors (Lipinski definition) is 5. The van der Waals surface area contributed by atoms with Gasteiger partial charge in [-0.25, -0.2) is 4.98 Å². The van der Waals surface area contributed by atoms with E-state index in [0.29, 0.717) is 10.7 Å². The maximum absolute atomic E-state index is 12.3. The van der Waals surface area contributed by atoms with Gasteiger partial charge in [-0.2, -0.15) is 0 Å². The third-order valence-electron chi connectivity index (χ3n) is 3.26. The van der Waals surface area contributed by atoms with Gasteiger partial charge < -0.3 is 0 Å². The minimum atomic E-state index is -0.166. The van der Waals surface area contributed by atoms with Gasteiger partial charge in [-0.1, -0.05) is 35.6 Å². The van der Waals surface area contributed by atoms with Crippen LogP contribution in [-0.2, 0) is 0 Å². The SMILES string of the molecule is CSc1ccccc1C(=O)NNc1nc2c(C)cccc2s1. The van der Waals surface area contributed by atoms with Crippen molar-refractivity contribution < 1.29 is 4.79 Å². The monoisotopic (exact) mass is 329 g/mol. The normalized spacial score (nSPS) is 10.6. The van der Waals surface area contributed by atoms with Crippen molar-refractivity contribution in [3.63, 3.8) is 0 Å². The highest BCUT2D eigenvalue weighted by atomic mass is 32.2. The van der Waals surface area contributed by atoms with Gasteiger partial charge in [0.2, 0.25) is 5.13 Å². The van der Waals surface area contributed by atoms with Crippen LogP contribution in [-0.4, -0.2) is 17.1 Å². The molecule has 0 aliphatic heterocycles. The van der Waals surface area contributed by atoms with Crippen LogP contribution in [0.15, 0.2) is 47.4 Å². The quantitative estimate of drug-likeness (QED) is 0.559. The molecular weight excluding hydrogens is 314 g/mol. The van der Waals surface area contributed by atoms with Gasteiger partial charge in [0, 0.05) is 4.90 Å². The van der Waals surface area contributed by atoms with Gasteiger partial charge in [-0.05, 0) is 36.9 Å². The fourth-order valence-corrected chi connectivity index (χ4v) is 3.64. The summed E-state index contributed by atoms with van der Waals surface area (Å²) in [5, 5.41) is 0.680. The molecule has 4 nitrogen and oxygen atoms in total. The van der Waals surface area contributed by atoms with Crippen molar-refractivity contribution in [1.29, 1.82) is 0 Å². The number of hydrogen-bond donors (Lipinski definition) is 2. The molecule has 3 aromatic rings. The molecule has 22 heavy (non-hydrogen) atoms. The number of aromatic nitrogens is 1. The van der Waals surface area contributed by atoms with Gasteiger partial charge in [-0.15, -0.1) is 11.8 Å². The first-order valence-corrected chi connectivity index (χ1v) is 8.78. The Labute approximate surface area is 136 Å². The van der Waals surface area contributed by atoms with Gasteiger partial charge in [-0.3, -0.25) is 15.6 Å². The fourth-order valence-electron chi connectivity index (χ4n) is 2.15. The lowest BCUT2D eigenvalue weighted by molar-refractivity contribution is 0.0960. The number of nitrogens with zero attached hydrogens (tertiary/aromatic N) is 1. The van der Waals surface area contributed by atoms with Crippen LogP contribution in [0.2, 0.25) is 0 Å². The van der Waals surface area contributed by atoms with E-state index in [9.17, 15) is 4.79 Å². The third-order valence-corrected chi connectivity index (χ3v) is 4.99. The van der Waals surface area contributed by atoms with Crippen molar-refractivity contribution in [2.45, 2.75) is 11.8 Å². The number of fused-ring (bicyclic) bond motifs is 1. The fraction of sp³-hybridized carbons (Fsp3) is 0.125. The van der Waals surface area contributed by atoms with Gasteiger partial charge in [0.05, 0.1) is 15.8 Å². The molecule has 6 heteroatoms. The van der Waals surface area contributed by atoms with Crippen LogP contribution in [0.4, 0.5) is 5.13 Å². The number of amides is 1. The zero-order valence-electron chi connectivity index (χ0n) is 12.2.